The van der Waals surface area contributed by atoms with Gasteiger partial charge in [0.1, 0.15) is 0 Å². The molecule has 1 amide bonds. The number of halogens is 2. The molecular formula is C16H23Cl2N3O. The molecule has 1 heterocycles. The quantitative estimate of drug-likeness (QED) is 0.876. The Morgan fingerprint density at radius 1 is 1.23 bits per heavy atom. The summed E-state index contributed by atoms with van der Waals surface area (Å²) < 4.78 is 0. The van der Waals surface area contributed by atoms with Crippen molar-refractivity contribution in [3.8, 4) is 0 Å². The van der Waals surface area contributed by atoms with Gasteiger partial charge in [-0.15, -0.1) is 24.8 Å². The van der Waals surface area contributed by atoms with Crippen molar-refractivity contribution in [2.75, 3.05) is 6.54 Å². The van der Waals surface area contributed by atoms with E-state index in [9.17, 15) is 4.79 Å². The molecule has 0 aliphatic carbocycles. The van der Waals surface area contributed by atoms with Crippen molar-refractivity contribution < 1.29 is 4.79 Å². The summed E-state index contributed by atoms with van der Waals surface area (Å²) in [4.78, 5) is 16.2. The maximum atomic E-state index is 11.8. The molecule has 2 rings (SSSR count). The van der Waals surface area contributed by atoms with E-state index in [1.807, 2.05) is 44.2 Å². The summed E-state index contributed by atoms with van der Waals surface area (Å²) in [6.07, 6.45) is 2.55. The van der Waals surface area contributed by atoms with Crippen LogP contribution in [-0.4, -0.2) is 23.5 Å². The minimum atomic E-state index is -0.444. The monoisotopic (exact) mass is 343 g/mol. The van der Waals surface area contributed by atoms with Gasteiger partial charge in [-0.2, -0.15) is 0 Å². The number of carbonyl (C=O) groups is 1. The first-order valence-electron chi connectivity index (χ1n) is 6.95. The van der Waals surface area contributed by atoms with Gasteiger partial charge in [0.15, 0.2) is 0 Å². The van der Waals surface area contributed by atoms with Gasteiger partial charge in [0.05, 0.1) is 11.6 Å². The van der Waals surface area contributed by atoms with Crippen LogP contribution in [0.3, 0.4) is 0 Å². The van der Waals surface area contributed by atoms with E-state index >= 15 is 0 Å². The Balaban J connectivity index is 0.00000220. The van der Waals surface area contributed by atoms with Crippen molar-refractivity contribution in [1.82, 2.24) is 10.3 Å². The molecular weight excluding hydrogens is 321 g/mol. The molecule has 3 N–H and O–H groups in total. The Labute approximate surface area is 143 Å². The van der Waals surface area contributed by atoms with Crippen molar-refractivity contribution in [2.45, 2.75) is 26.3 Å². The highest BCUT2D eigenvalue weighted by molar-refractivity contribution is 5.85. The number of rotatable bonds is 5. The van der Waals surface area contributed by atoms with Gasteiger partial charge < -0.3 is 11.1 Å². The summed E-state index contributed by atoms with van der Waals surface area (Å²) in [6.45, 7) is 4.46. The molecule has 1 aromatic carbocycles. The number of nitrogens with one attached hydrogen (secondary N) is 1. The summed E-state index contributed by atoms with van der Waals surface area (Å²) in [7, 11) is 0. The van der Waals surface area contributed by atoms with Crippen LogP contribution in [0.25, 0.3) is 10.9 Å². The number of aromatic nitrogens is 1. The van der Waals surface area contributed by atoms with Gasteiger partial charge in [-0.1, -0.05) is 38.1 Å². The molecule has 4 nitrogen and oxygen atoms in total. The average Bonchev–Trinajstić information content (AvgIpc) is 2.46. The number of pyridine rings is 1. The summed E-state index contributed by atoms with van der Waals surface area (Å²) in [5.41, 5.74) is 7.94. The molecule has 6 heteroatoms. The second-order valence-corrected chi connectivity index (χ2v) is 5.30. The molecule has 2 aromatic rings. The fourth-order valence-corrected chi connectivity index (χ4v) is 2.11. The van der Waals surface area contributed by atoms with Crippen LogP contribution in [0.2, 0.25) is 0 Å². The summed E-state index contributed by atoms with van der Waals surface area (Å²) >= 11 is 0. The molecule has 0 aliphatic rings. The van der Waals surface area contributed by atoms with Crippen LogP contribution < -0.4 is 11.1 Å². The smallest absolute Gasteiger partial charge is 0.237 e. The molecule has 0 spiro atoms. The van der Waals surface area contributed by atoms with Gasteiger partial charge >= 0.3 is 0 Å². The third-order valence-corrected chi connectivity index (χ3v) is 3.43. The zero-order valence-corrected chi connectivity index (χ0v) is 14.4. The van der Waals surface area contributed by atoms with Crippen LogP contribution in [0.1, 0.15) is 19.4 Å². The second-order valence-electron chi connectivity index (χ2n) is 5.30. The van der Waals surface area contributed by atoms with Gasteiger partial charge in [-0.25, -0.2) is 0 Å². The minimum Gasteiger partial charge on any atom is -0.354 e. The third-order valence-electron chi connectivity index (χ3n) is 3.43. The zero-order chi connectivity index (χ0) is 14.5. The topological polar surface area (TPSA) is 68.0 Å². The Bertz CT molecular complexity index is 599. The number of para-hydroxylation sites is 1. The molecule has 22 heavy (non-hydrogen) atoms. The zero-order valence-electron chi connectivity index (χ0n) is 12.8. The van der Waals surface area contributed by atoms with E-state index < -0.39 is 6.04 Å². The molecule has 122 valence electrons. The van der Waals surface area contributed by atoms with Crippen LogP contribution in [0.15, 0.2) is 36.5 Å². The van der Waals surface area contributed by atoms with Crippen LogP contribution in [0.4, 0.5) is 0 Å². The molecule has 0 saturated heterocycles. The highest BCUT2D eigenvalue weighted by Gasteiger charge is 2.16. The first kappa shape index (κ1) is 20.6. The molecule has 0 aliphatic heterocycles. The average molecular weight is 344 g/mol. The lowest BCUT2D eigenvalue weighted by molar-refractivity contribution is -0.123. The van der Waals surface area contributed by atoms with Crippen molar-refractivity contribution in [3.05, 3.63) is 42.1 Å². The van der Waals surface area contributed by atoms with E-state index in [1.54, 1.807) is 6.20 Å². The Kier molecular flexibility index (Phi) is 9.02. The number of hydrogen-bond donors (Lipinski definition) is 2. The van der Waals surface area contributed by atoms with Gasteiger partial charge in [0, 0.05) is 18.1 Å². The van der Waals surface area contributed by atoms with Gasteiger partial charge in [-0.05, 0) is 24.0 Å². The van der Waals surface area contributed by atoms with Crippen LogP contribution >= 0.6 is 24.8 Å². The van der Waals surface area contributed by atoms with E-state index in [0.717, 1.165) is 22.9 Å². The number of amides is 1. The number of nitrogens with zero attached hydrogens (tertiary/aromatic N) is 1. The number of benzene rings is 1. The maximum Gasteiger partial charge on any atom is 0.237 e. The normalized spacial score (nSPS) is 11.5. The Morgan fingerprint density at radius 2 is 1.91 bits per heavy atom. The first-order chi connectivity index (χ1) is 9.59. The molecule has 0 fully saturated rings. The summed E-state index contributed by atoms with van der Waals surface area (Å²) in [6, 6.07) is 9.62. The second kappa shape index (κ2) is 9.62. The van der Waals surface area contributed by atoms with Crippen LogP contribution in [0, 0.1) is 5.92 Å². The fraction of sp³-hybridized carbons (Fsp3) is 0.375. The highest BCUT2D eigenvalue weighted by Crippen LogP contribution is 2.15. The molecule has 0 saturated carbocycles. The molecule has 1 atom stereocenters. The van der Waals surface area contributed by atoms with Crippen molar-refractivity contribution in [1.29, 1.82) is 0 Å². The predicted molar refractivity (Wildman–Crippen MR) is 95.8 cm³/mol. The molecule has 0 unspecified atom stereocenters. The van der Waals surface area contributed by atoms with Crippen molar-refractivity contribution in [2.24, 2.45) is 11.7 Å². The number of nitrogens with two attached hydrogens (primary N) is 1. The molecule has 0 radical (unpaired) electrons. The van der Waals surface area contributed by atoms with Gasteiger partial charge in [0.25, 0.3) is 0 Å². The van der Waals surface area contributed by atoms with E-state index in [0.29, 0.717) is 6.54 Å². The lowest BCUT2D eigenvalue weighted by Gasteiger charge is -2.15. The summed E-state index contributed by atoms with van der Waals surface area (Å²) in [5.74, 6) is 0.0578. The van der Waals surface area contributed by atoms with Gasteiger partial charge in [-0.3, -0.25) is 9.78 Å². The van der Waals surface area contributed by atoms with E-state index in [2.05, 4.69) is 10.3 Å². The van der Waals surface area contributed by atoms with E-state index in [-0.39, 0.29) is 36.6 Å². The van der Waals surface area contributed by atoms with E-state index in [1.165, 1.54) is 0 Å². The predicted octanol–water partition coefficient (Wildman–Crippen LogP) is 2.72. The first-order valence-corrected chi connectivity index (χ1v) is 6.95. The SMILES string of the molecule is CC(C)[C@H](N)C(=O)NCCc1cccc2cccnc12.Cl.Cl. The van der Waals surface area contributed by atoms with Crippen molar-refractivity contribution in [3.63, 3.8) is 0 Å². The van der Waals surface area contributed by atoms with E-state index in [4.69, 9.17) is 5.73 Å². The number of hydrogen-bond acceptors (Lipinski definition) is 3. The highest BCUT2D eigenvalue weighted by atomic mass is 35.5. The maximum absolute atomic E-state index is 11.8. The fourth-order valence-electron chi connectivity index (χ4n) is 2.11. The lowest BCUT2D eigenvalue weighted by Crippen LogP contribution is -2.44. The number of carbonyl (C=O) groups excluding carboxylic acids is 1. The minimum absolute atomic E-state index is 0. The molecule has 0 bridgehead atoms. The Morgan fingerprint density at radius 3 is 2.59 bits per heavy atom. The number of fused-ring (bicyclic) bond motifs is 1. The lowest BCUT2D eigenvalue weighted by atomic mass is 10.0. The van der Waals surface area contributed by atoms with Crippen LogP contribution in [0.5, 0.6) is 0 Å². The van der Waals surface area contributed by atoms with Crippen LogP contribution in [-0.2, 0) is 11.2 Å². The standard InChI is InChI=1S/C16H21N3O.2ClH/c1-11(2)14(17)16(20)19-10-8-13-6-3-5-12-7-4-9-18-15(12)13;;/h3-7,9,11,14H,8,10,17H2,1-2H3,(H,19,20);2*1H/t14-;;/m0../s1. The summed E-state index contributed by atoms with van der Waals surface area (Å²) in [5, 5.41) is 4.01. The largest absolute Gasteiger partial charge is 0.354 e. The Hall–Kier alpha value is -1.36. The van der Waals surface area contributed by atoms with Crippen molar-refractivity contribution >= 4 is 41.6 Å². The molecule has 1 aromatic heterocycles. The third kappa shape index (κ3) is 5.13. The van der Waals surface area contributed by atoms with Gasteiger partial charge in [0.2, 0.25) is 5.91 Å².